The van der Waals surface area contributed by atoms with Crippen LogP contribution in [0.3, 0.4) is 0 Å². The van der Waals surface area contributed by atoms with Crippen molar-refractivity contribution < 1.29 is 14.5 Å². The molecule has 1 aromatic rings. The van der Waals surface area contributed by atoms with Crippen molar-refractivity contribution in [1.29, 1.82) is 0 Å². The molecule has 1 saturated carbocycles. The van der Waals surface area contributed by atoms with Gasteiger partial charge in [0.15, 0.2) is 6.67 Å². The van der Waals surface area contributed by atoms with E-state index in [2.05, 4.69) is 5.32 Å². The van der Waals surface area contributed by atoms with Gasteiger partial charge in [-0.15, -0.1) is 0 Å². The number of carbonyl (C=O) groups excluding carboxylic acids is 2. The molecule has 1 unspecified atom stereocenters. The number of hydrogen-bond acceptors (Lipinski definition) is 2. The lowest BCUT2D eigenvalue weighted by molar-refractivity contribution is -0.901. The molecule has 3 amide bonds. The minimum atomic E-state index is -0.697. The Morgan fingerprint density at radius 1 is 1.32 bits per heavy atom. The van der Waals surface area contributed by atoms with Crippen molar-refractivity contribution >= 4 is 23.5 Å². The molecule has 0 radical (unpaired) electrons. The van der Waals surface area contributed by atoms with E-state index < -0.39 is 5.54 Å². The summed E-state index contributed by atoms with van der Waals surface area (Å²) in [4.78, 5) is 27.1. The van der Waals surface area contributed by atoms with Crippen LogP contribution in [0.4, 0.5) is 4.79 Å². The number of rotatable bonds is 5. The normalized spacial score (nSPS) is 26.2. The summed E-state index contributed by atoms with van der Waals surface area (Å²) >= 11 is 5.88. The van der Waals surface area contributed by atoms with Crippen molar-refractivity contribution in [3.63, 3.8) is 0 Å². The number of nitrogens with zero attached hydrogens (tertiary/aromatic N) is 1. The Labute approximate surface area is 135 Å². The maximum Gasteiger partial charge on any atom is 0.329 e. The topological polar surface area (TPSA) is 53.9 Å². The maximum atomic E-state index is 12.6. The maximum absolute atomic E-state index is 12.6. The monoisotopic (exact) mass is 322 g/mol. The second-order valence-electron chi connectivity index (χ2n) is 6.56. The van der Waals surface area contributed by atoms with Crippen LogP contribution in [0.2, 0.25) is 5.02 Å². The molecule has 3 rings (SSSR count). The average molecular weight is 323 g/mol. The van der Waals surface area contributed by atoms with Gasteiger partial charge in [-0.2, -0.15) is 0 Å². The lowest BCUT2D eigenvalue weighted by Crippen LogP contribution is -3.09. The highest BCUT2D eigenvalue weighted by atomic mass is 35.5. The van der Waals surface area contributed by atoms with Gasteiger partial charge in [-0.25, -0.2) is 9.69 Å². The summed E-state index contributed by atoms with van der Waals surface area (Å²) in [7, 11) is 1.97. The molecule has 0 bridgehead atoms. The van der Waals surface area contributed by atoms with E-state index >= 15 is 0 Å². The van der Waals surface area contributed by atoms with Gasteiger partial charge in [0, 0.05) is 10.6 Å². The Balaban J connectivity index is 1.63. The van der Waals surface area contributed by atoms with E-state index in [4.69, 9.17) is 11.6 Å². The molecule has 0 aromatic heterocycles. The van der Waals surface area contributed by atoms with Gasteiger partial charge in [-0.05, 0) is 37.8 Å². The van der Waals surface area contributed by atoms with Crippen molar-refractivity contribution in [3.05, 3.63) is 34.9 Å². The predicted molar refractivity (Wildman–Crippen MR) is 83.4 cm³/mol. The van der Waals surface area contributed by atoms with E-state index in [-0.39, 0.29) is 11.9 Å². The van der Waals surface area contributed by atoms with Crippen molar-refractivity contribution in [1.82, 2.24) is 10.2 Å². The number of nitrogens with one attached hydrogen (secondary N) is 2. The van der Waals surface area contributed by atoms with Crippen molar-refractivity contribution in [3.8, 4) is 0 Å². The molecule has 0 spiro atoms. The largest absolute Gasteiger partial charge is 0.329 e. The summed E-state index contributed by atoms with van der Waals surface area (Å²) in [6.45, 7) is 2.95. The Morgan fingerprint density at radius 2 is 1.95 bits per heavy atom. The van der Waals surface area contributed by atoms with Gasteiger partial charge in [0.1, 0.15) is 12.1 Å². The van der Waals surface area contributed by atoms with Crippen molar-refractivity contribution in [2.45, 2.75) is 31.8 Å². The fourth-order valence-corrected chi connectivity index (χ4v) is 3.20. The van der Waals surface area contributed by atoms with Crippen LogP contribution in [0.25, 0.3) is 0 Å². The molecule has 1 aliphatic carbocycles. The number of halogens is 1. The van der Waals surface area contributed by atoms with E-state index in [9.17, 15) is 9.59 Å². The first-order valence-electron chi connectivity index (χ1n) is 7.60. The zero-order valence-corrected chi connectivity index (χ0v) is 13.6. The molecule has 2 aliphatic rings. The lowest BCUT2D eigenvalue weighted by atomic mass is 9.96. The molecule has 2 N–H and O–H groups in total. The zero-order chi connectivity index (χ0) is 15.9. The molecule has 118 valence electrons. The molecule has 1 saturated heterocycles. The SMILES string of the molecule is C[NH+](Cc1ccc(Cl)cc1)CN1C(=O)N[C@](C)(C2CC2)C1=O. The Bertz CT molecular complexity index is 600. The van der Waals surface area contributed by atoms with Gasteiger partial charge in [-0.3, -0.25) is 4.79 Å². The minimum Gasteiger partial charge on any atom is -0.323 e. The molecular formula is C16H21ClN3O2+. The Kier molecular flexibility index (Phi) is 3.87. The number of benzene rings is 1. The third-order valence-electron chi connectivity index (χ3n) is 4.54. The fourth-order valence-electron chi connectivity index (χ4n) is 3.07. The van der Waals surface area contributed by atoms with Gasteiger partial charge in [-0.1, -0.05) is 23.7 Å². The van der Waals surface area contributed by atoms with Crippen LogP contribution in [0.15, 0.2) is 24.3 Å². The fraction of sp³-hybridized carbons (Fsp3) is 0.500. The van der Waals surface area contributed by atoms with Crippen LogP contribution in [0.5, 0.6) is 0 Å². The number of quaternary nitrogens is 1. The number of carbonyl (C=O) groups is 2. The summed E-state index contributed by atoms with van der Waals surface area (Å²) in [5.41, 5.74) is 0.427. The van der Waals surface area contributed by atoms with Crippen LogP contribution in [0, 0.1) is 5.92 Å². The van der Waals surface area contributed by atoms with Crippen LogP contribution in [-0.4, -0.2) is 36.1 Å². The Morgan fingerprint density at radius 3 is 2.55 bits per heavy atom. The molecule has 1 aromatic carbocycles. The first-order chi connectivity index (χ1) is 10.4. The summed E-state index contributed by atoms with van der Waals surface area (Å²) in [6.07, 6.45) is 2.04. The van der Waals surface area contributed by atoms with Gasteiger partial charge < -0.3 is 10.2 Å². The zero-order valence-electron chi connectivity index (χ0n) is 12.9. The third kappa shape index (κ3) is 2.83. The van der Waals surface area contributed by atoms with Crippen molar-refractivity contribution in [2.75, 3.05) is 13.7 Å². The predicted octanol–water partition coefficient (Wildman–Crippen LogP) is 1.03. The standard InChI is InChI=1S/C16H20ClN3O2/c1-16(12-5-6-12)14(21)20(15(22)18-16)10-19(2)9-11-3-7-13(17)8-4-11/h3-4,7-8,12H,5-6,9-10H2,1-2H3,(H,18,22)/p+1/t16-/m1/s1. The molecule has 5 nitrogen and oxygen atoms in total. The van der Waals surface area contributed by atoms with Crippen LogP contribution >= 0.6 is 11.6 Å². The van der Waals surface area contributed by atoms with E-state index in [1.807, 2.05) is 38.2 Å². The number of imide groups is 1. The van der Waals surface area contributed by atoms with Crippen LogP contribution in [-0.2, 0) is 11.3 Å². The Hall–Kier alpha value is -1.59. The van der Waals surface area contributed by atoms with Gasteiger partial charge in [0.25, 0.3) is 5.91 Å². The molecule has 6 heteroatoms. The molecule has 22 heavy (non-hydrogen) atoms. The minimum absolute atomic E-state index is 0.0875. The van der Waals surface area contributed by atoms with Gasteiger partial charge in [0.2, 0.25) is 0 Å². The average Bonchev–Trinajstić information content (AvgIpc) is 3.28. The number of hydrogen-bond donors (Lipinski definition) is 2. The molecular weight excluding hydrogens is 302 g/mol. The first kappa shape index (κ1) is 15.3. The van der Waals surface area contributed by atoms with E-state index in [1.165, 1.54) is 4.90 Å². The molecule has 2 fully saturated rings. The van der Waals surface area contributed by atoms with Gasteiger partial charge in [0.05, 0.1) is 7.05 Å². The highest BCUT2D eigenvalue weighted by Gasteiger charge is 2.56. The smallest absolute Gasteiger partial charge is 0.323 e. The second-order valence-corrected chi connectivity index (χ2v) is 6.99. The number of urea groups is 1. The first-order valence-corrected chi connectivity index (χ1v) is 7.98. The van der Waals surface area contributed by atoms with Crippen molar-refractivity contribution in [2.24, 2.45) is 5.92 Å². The van der Waals surface area contributed by atoms with E-state index in [0.29, 0.717) is 17.6 Å². The highest BCUT2D eigenvalue weighted by molar-refractivity contribution is 6.30. The van der Waals surface area contributed by atoms with Gasteiger partial charge >= 0.3 is 6.03 Å². The summed E-state index contributed by atoms with van der Waals surface area (Å²) in [6, 6.07) is 7.36. The molecule has 1 heterocycles. The molecule has 2 atom stereocenters. The molecule has 1 aliphatic heterocycles. The highest BCUT2D eigenvalue weighted by Crippen LogP contribution is 2.42. The number of amides is 3. The summed E-state index contributed by atoms with van der Waals surface area (Å²) in [5, 5.41) is 3.58. The second kappa shape index (κ2) is 5.56. The van der Waals surface area contributed by atoms with Crippen LogP contribution < -0.4 is 10.2 Å². The lowest BCUT2D eigenvalue weighted by Gasteiger charge is -2.22. The van der Waals surface area contributed by atoms with Crippen LogP contribution in [0.1, 0.15) is 25.3 Å². The quantitative estimate of drug-likeness (QED) is 0.796. The van der Waals surface area contributed by atoms with E-state index in [1.54, 1.807) is 0 Å². The van der Waals surface area contributed by atoms with E-state index in [0.717, 1.165) is 29.8 Å². The summed E-state index contributed by atoms with van der Waals surface area (Å²) < 4.78 is 0. The summed E-state index contributed by atoms with van der Waals surface area (Å²) in [5.74, 6) is 0.209. The third-order valence-corrected chi connectivity index (χ3v) is 4.79.